The van der Waals surface area contributed by atoms with Gasteiger partial charge in [0.05, 0.1) is 5.69 Å². The summed E-state index contributed by atoms with van der Waals surface area (Å²) >= 11 is 0. The van der Waals surface area contributed by atoms with Crippen LogP contribution in [0.1, 0.15) is 57.6 Å². The number of hydrogen-bond donors (Lipinski definition) is 1. The summed E-state index contributed by atoms with van der Waals surface area (Å²) in [7, 11) is 0. The molecule has 0 unspecified atom stereocenters. The third-order valence-corrected chi connectivity index (χ3v) is 4.74. The average Bonchev–Trinajstić information content (AvgIpc) is 3.03. The Hall–Kier alpha value is -2.69. The standard InChI is InChI=1S/C22H28N4O/c1-14(2)6-11-22(27)23-19-13-21-20(12-16(19)5)24-26(25-21)18-9-7-17(8-10-18)15(3)4/h7-10,12-15H,6,11H2,1-5H3,(H,23,27). The molecule has 1 amide bonds. The molecule has 0 bridgehead atoms. The number of nitrogens with zero attached hydrogens (tertiary/aromatic N) is 3. The van der Waals surface area contributed by atoms with Crippen molar-refractivity contribution in [1.29, 1.82) is 0 Å². The molecule has 1 aromatic heterocycles. The Labute approximate surface area is 160 Å². The Morgan fingerprint density at radius 2 is 1.67 bits per heavy atom. The molecule has 0 aliphatic carbocycles. The summed E-state index contributed by atoms with van der Waals surface area (Å²) in [6.07, 6.45) is 1.42. The first kappa shape index (κ1) is 19.1. The van der Waals surface area contributed by atoms with Gasteiger partial charge in [0.2, 0.25) is 5.91 Å². The van der Waals surface area contributed by atoms with E-state index in [9.17, 15) is 4.79 Å². The highest BCUT2D eigenvalue weighted by molar-refractivity contribution is 5.94. The summed E-state index contributed by atoms with van der Waals surface area (Å²) < 4.78 is 0. The second-order valence-corrected chi connectivity index (χ2v) is 7.87. The lowest BCUT2D eigenvalue weighted by atomic mass is 10.0. The van der Waals surface area contributed by atoms with Crippen LogP contribution in [0, 0.1) is 12.8 Å². The van der Waals surface area contributed by atoms with E-state index in [1.807, 2.05) is 31.2 Å². The van der Waals surface area contributed by atoms with Crippen LogP contribution in [-0.2, 0) is 4.79 Å². The Morgan fingerprint density at radius 3 is 2.26 bits per heavy atom. The average molecular weight is 364 g/mol. The first-order valence-corrected chi connectivity index (χ1v) is 9.61. The van der Waals surface area contributed by atoms with E-state index >= 15 is 0 Å². The summed E-state index contributed by atoms with van der Waals surface area (Å²) in [6, 6.07) is 12.2. The van der Waals surface area contributed by atoms with Crippen LogP contribution in [-0.4, -0.2) is 20.9 Å². The maximum atomic E-state index is 12.2. The van der Waals surface area contributed by atoms with Crippen LogP contribution in [0.2, 0.25) is 0 Å². The minimum Gasteiger partial charge on any atom is -0.326 e. The molecule has 0 atom stereocenters. The highest BCUT2D eigenvalue weighted by Crippen LogP contribution is 2.23. The van der Waals surface area contributed by atoms with Gasteiger partial charge in [0, 0.05) is 12.1 Å². The lowest BCUT2D eigenvalue weighted by Crippen LogP contribution is -2.13. The molecule has 2 aromatic carbocycles. The highest BCUT2D eigenvalue weighted by atomic mass is 16.1. The number of nitrogens with one attached hydrogen (secondary N) is 1. The van der Waals surface area contributed by atoms with E-state index in [1.54, 1.807) is 4.80 Å². The van der Waals surface area contributed by atoms with Gasteiger partial charge in [0.25, 0.3) is 0 Å². The molecule has 0 aliphatic rings. The number of aromatic nitrogens is 3. The van der Waals surface area contributed by atoms with E-state index in [4.69, 9.17) is 0 Å². The van der Waals surface area contributed by atoms with Crippen LogP contribution in [0.4, 0.5) is 5.69 Å². The van der Waals surface area contributed by atoms with Gasteiger partial charge in [-0.2, -0.15) is 4.80 Å². The fraction of sp³-hybridized carbons (Fsp3) is 0.409. The number of aryl methyl sites for hydroxylation is 1. The van der Waals surface area contributed by atoms with Crippen LogP contribution in [0.25, 0.3) is 16.7 Å². The minimum atomic E-state index is 0.0443. The molecule has 0 saturated heterocycles. The van der Waals surface area contributed by atoms with Gasteiger partial charge >= 0.3 is 0 Å². The molecule has 0 aliphatic heterocycles. The maximum Gasteiger partial charge on any atom is 0.224 e. The van der Waals surface area contributed by atoms with Gasteiger partial charge in [0.15, 0.2) is 0 Å². The van der Waals surface area contributed by atoms with Crippen LogP contribution in [0.15, 0.2) is 36.4 Å². The number of anilines is 1. The zero-order valence-electron chi connectivity index (χ0n) is 16.8. The Morgan fingerprint density at radius 1 is 1.04 bits per heavy atom. The molecule has 27 heavy (non-hydrogen) atoms. The van der Waals surface area contributed by atoms with Gasteiger partial charge in [0.1, 0.15) is 11.0 Å². The monoisotopic (exact) mass is 364 g/mol. The van der Waals surface area contributed by atoms with E-state index in [-0.39, 0.29) is 5.91 Å². The fourth-order valence-corrected chi connectivity index (χ4v) is 2.94. The molecule has 0 fully saturated rings. The molecule has 5 heteroatoms. The number of hydrogen-bond acceptors (Lipinski definition) is 3. The van der Waals surface area contributed by atoms with Crippen molar-refractivity contribution in [2.75, 3.05) is 5.32 Å². The van der Waals surface area contributed by atoms with Gasteiger partial charge in [-0.25, -0.2) is 0 Å². The lowest BCUT2D eigenvalue weighted by molar-refractivity contribution is -0.116. The van der Waals surface area contributed by atoms with Crippen molar-refractivity contribution in [3.05, 3.63) is 47.5 Å². The Balaban J connectivity index is 1.84. The minimum absolute atomic E-state index is 0.0443. The third-order valence-electron chi connectivity index (χ3n) is 4.74. The van der Waals surface area contributed by atoms with Crippen molar-refractivity contribution in [2.24, 2.45) is 5.92 Å². The van der Waals surface area contributed by atoms with E-state index in [1.165, 1.54) is 5.56 Å². The number of rotatable bonds is 6. The molecule has 0 spiro atoms. The molecule has 1 N–H and O–H groups in total. The Bertz CT molecular complexity index is 939. The molecular weight excluding hydrogens is 336 g/mol. The van der Waals surface area contributed by atoms with Gasteiger partial charge in [-0.15, -0.1) is 10.2 Å². The van der Waals surface area contributed by atoms with Crippen molar-refractivity contribution in [3.63, 3.8) is 0 Å². The van der Waals surface area contributed by atoms with E-state index in [0.29, 0.717) is 18.3 Å². The lowest BCUT2D eigenvalue weighted by Gasteiger charge is -2.09. The summed E-state index contributed by atoms with van der Waals surface area (Å²) in [5, 5.41) is 12.2. The number of amides is 1. The zero-order chi connectivity index (χ0) is 19.6. The van der Waals surface area contributed by atoms with E-state index in [2.05, 4.69) is 55.3 Å². The van der Waals surface area contributed by atoms with Gasteiger partial charge in [-0.1, -0.05) is 39.8 Å². The SMILES string of the molecule is Cc1cc2nn(-c3ccc(C(C)C)cc3)nc2cc1NC(=O)CCC(C)C. The van der Waals surface area contributed by atoms with Crippen molar-refractivity contribution in [1.82, 2.24) is 15.0 Å². The summed E-state index contributed by atoms with van der Waals surface area (Å²) in [4.78, 5) is 13.8. The molecule has 0 radical (unpaired) electrons. The van der Waals surface area contributed by atoms with Crippen LogP contribution >= 0.6 is 0 Å². The van der Waals surface area contributed by atoms with Gasteiger partial charge in [-0.05, 0) is 60.6 Å². The van der Waals surface area contributed by atoms with Crippen LogP contribution in [0.5, 0.6) is 0 Å². The predicted molar refractivity (Wildman–Crippen MR) is 110 cm³/mol. The molecule has 142 valence electrons. The van der Waals surface area contributed by atoms with Crippen molar-refractivity contribution in [3.8, 4) is 5.69 Å². The van der Waals surface area contributed by atoms with Crippen molar-refractivity contribution in [2.45, 2.75) is 53.4 Å². The van der Waals surface area contributed by atoms with E-state index in [0.717, 1.165) is 34.4 Å². The quantitative estimate of drug-likeness (QED) is 0.652. The number of fused-ring (bicyclic) bond motifs is 1. The first-order valence-electron chi connectivity index (χ1n) is 9.61. The molecule has 1 heterocycles. The normalized spacial score (nSPS) is 11.5. The summed E-state index contributed by atoms with van der Waals surface area (Å²) in [5.74, 6) is 1.05. The summed E-state index contributed by atoms with van der Waals surface area (Å²) in [5.41, 5.74) is 5.60. The van der Waals surface area contributed by atoms with Gasteiger partial charge < -0.3 is 5.32 Å². The molecule has 3 rings (SSSR count). The molecular formula is C22H28N4O. The maximum absolute atomic E-state index is 12.2. The number of benzene rings is 2. The van der Waals surface area contributed by atoms with Crippen LogP contribution in [0.3, 0.4) is 0 Å². The second-order valence-electron chi connectivity index (χ2n) is 7.87. The van der Waals surface area contributed by atoms with E-state index < -0.39 is 0 Å². The van der Waals surface area contributed by atoms with Crippen molar-refractivity contribution < 1.29 is 4.79 Å². The second kappa shape index (κ2) is 7.91. The third kappa shape index (κ3) is 4.54. The number of carbonyl (C=O) groups excluding carboxylic acids is 1. The first-order chi connectivity index (χ1) is 12.8. The fourth-order valence-electron chi connectivity index (χ4n) is 2.94. The highest BCUT2D eigenvalue weighted by Gasteiger charge is 2.11. The molecule has 5 nitrogen and oxygen atoms in total. The largest absolute Gasteiger partial charge is 0.326 e. The number of carbonyl (C=O) groups is 1. The zero-order valence-corrected chi connectivity index (χ0v) is 16.8. The van der Waals surface area contributed by atoms with Crippen molar-refractivity contribution >= 4 is 22.6 Å². The smallest absolute Gasteiger partial charge is 0.224 e. The summed E-state index contributed by atoms with van der Waals surface area (Å²) in [6.45, 7) is 10.6. The van der Waals surface area contributed by atoms with Crippen LogP contribution < -0.4 is 5.32 Å². The Kier molecular flexibility index (Phi) is 5.59. The van der Waals surface area contributed by atoms with Gasteiger partial charge in [-0.3, -0.25) is 4.79 Å². The predicted octanol–water partition coefficient (Wildman–Crippen LogP) is 5.23. The topological polar surface area (TPSA) is 59.8 Å². The molecule has 0 saturated carbocycles. The molecule has 3 aromatic rings.